The van der Waals surface area contributed by atoms with E-state index in [2.05, 4.69) is 20.2 Å². The summed E-state index contributed by atoms with van der Waals surface area (Å²) in [7, 11) is 0. The molecule has 0 radical (unpaired) electrons. The maximum absolute atomic E-state index is 13.8. The van der Waals surface area contributed by atoms with Gasteiger partial charge in [0.1, 0.15) is 12.4 Å². The van der Waals surface area contributed by atoms with E-state index in [1.807, 2.05) is 41.8 Å². The zero-order valence-corrected chi connectivity index (χ0v) is 16.0. The van der Waals surface area contributed by atoms with Gasteiger partial charge >= 0.3 is 0 Å². The van der Waals surface area contributed by atoms with Gasteiger partial charge in [0.25, 0.3) is 0 Å². The topological polar surface area (TPSA) is 72.5 Å². The van der Waals surface area contributed by atoms with Crippen LogP contribution in [0.3, 0.4) is 0 Å². The number of aromatic amines is 1. The van der Waals surface area contributed by atoms with Crippen molar-refractivity contribution in [3.05, 3.63) is 78.0 Å². The number of aryl methyl sites for hydroxylation is 2. The molecule has 0 aliphatic carbocycles. The number of nitrogens with one attached hydrogen (secondary N) is 1. The number of halogens is 1. The molecule has 1 N–H and O–H groups in total. The Hall–Kier alpha value is -3.74. The quantitative estimate of drug-likeness (QED) is 0.477. The lowest BCUT2D eigenvalue weighted by Crippen LogP contribution is -2.02. The highest BCUT2D eigenvalue weighted by Crippen LogP contribution is 2.36. The summed E-state index contributed by atoms with van der Waals surface area (Å²) < 4.78 is 21.4. The number of imidazole rings is 1. The molecule has 0 spiro atoms. The molecule has 3 aromatic heterocycles. The van der Waals surface area contributed by atoms with E-state index in [0.717, 1.165) is 39.1 Å². The highest BCUT2D eigenvalue weighted by atomic mass is 19.1. The van der Waals surface area contributed by atoms with Gasteiger partial charge in [-0.3, -0.25) is 0 Å². The van der Waals surface area contributed by atoms with Gasteiger partial charge in [-0.1, -0.05) is 30.3 Å². The Labute approximate surface area is 166 Å². The molecule has 5 aromatic rings. The van der Waals surface area contributed by atoms with E-state index in [-0.39, 0.29) is 5.82 Å². The lowest BCUT2D eigenvalue weighted by atomic mass is 10.1. The highest BCUT2D eigenvalue weighted by molar-refractivity contribution is 5.92. The number of benzene rings is 2. The Balaban J connectivity index is 1.73. The highest BCUT2D eigenvalue weighted by Gasteiger charge is 2.21. The minimum Gasteiger partial charge on any atom is -0.424 e. The third kappa shape index (κ3) is 3.00. The lowest BCUT2D eigenvalue weighted by molar-refractivity contribution is 0.455. The number of rotatable bonds is 4. The van der Waals surface area contributed by atoms with Crippen LogP contribution in [-0.4, -0.2) is 24.7 Å². The van der Waals surface area contributed by atoms with Crippen LogP contribution >= 0.6 is 0 Å². The van der Waals surface area contributed by atoms with Crippen molar-refractivity contribution in [2.24, 2.45) is 0 Å². The van der Waals surface area contributed by atoms with E-state index in [9.17, 15) is 4.39 Å². The molecule has 0 aliphatic rings. The first-order valence-corrected chi connectivity index (χ1v) is 9.28. The Bertz CT molecular complexity index is 1320. The first-order chi connectivity index (χ1) is 14.1. The normalized spacial score (nSPS) is 11.4. The van der Waals surface area contributed by atoms with Crippen molar-refractivity contribution in [3.8, 4) is 22.6 Å². The number of aromatic nitrogens is 5. The molecule has 0 amide bonds. The molecule has 144 valence electrons. The molecule has 0 unspecified atom stereocenters. The van der Waals surface area contributed by atoms with Crippen LogP contribution in [0.2, 0.25) is 0 Å². The molecule has 5 rings (SSSR count). The fourth-order valence-corrected chi connectivity index (χ4v) is 3.65. The second-order valence-corrected chi connectivity index (χ2v) is 6.97. The molecule has 3 heterocycles. The zero-order valence-electron chi connectivity index (χ0n) is 16.0. The van der Waals surface area contributed by atoms with Crippen molar-refractivity contribution in [2.45, 2.75) is 20.4 Å². The predicted octanol–water partition coefficient (Wildman–Crippen LogP) is 4.89. The lowest BCUT2D eigenvalue weighted by Gasteiger charge is -2.09. The molecule has 0 bridgehead atoms. The molecule has 0 aliphatic heterocycles. The van der Waals surface area contributed by atoms with Gasteiger partial charge in [-0.2, -0.15) is 0 Å². The van der Waals surface area contributed by atoms with Gasteiger partial charge in [-0.15, -0.1) is 10.2 Å². The van der Waals surface area contributed by atoms with Crippen molar-refractivity contribution < 1.29 is 8.81 Å². The van der Waals surface area contributed by atoms with Crippen molar-refractivity contribution in [2.75, 3.05) is 0 Å². The van der Waals surface area contributed by atoms with Crippen LogP contribution in [-0.2, 0) is 6.54 Å². The molecule has 0 saturated heterocycles. The van der Waals surface area contributed by atoms with Crippen LogP contribution in [0.15, 0.2) is 59.3 Å². The van der Waals surface area contributed by atoms with E-state index in [4.69, 9.17) is 4.42 Å². The van der Waals surface area contributed by atoms with Gasteiger partial charge in [0.2, 0.25) is 11.8 Å². The smallest absolute Gasteiger partial charge is 0.236 e. The van der Waals surface area contributed by atoms with Gasteiger partial charge in [0, 0.05) is 23.4 Å². The molecule has 2 aromatic carbocycles. The van der Waals surface area contributed by atoms with E-state index < -0.39 is 0 Å². The number of hydrogen-bond acceptors (Lipinski definition) is 4. The van der Waals surface area contributed by atoms with Crippen molar-refractivity contribution >= 4 is 10.9 Å². The van der Waals surface area contributed by atoms with E-state index >= 15 is 0 Å². The Morgan fingerprint density at radius 2 is 1.90 bits per heavy atom. The van der Waals surface area contributed by atoms with Gasteiger partial charge in [0.15, 0.2) is 0 Å². The van der Waals surface area contributed by atoms with Crippen molar-refractivity contribution in [1.29, 1.82) is 0 Å². The molecule has 0 atom stereocenters. The minimum atomic E-state index is -0.260. The Morgan fingerprint density at radius 1 is 1.07 bits per heavy atom. The summed E-state index contributed by atoms with van der Waals surface area (Å²) in [5.41, 5.74) is 5.43. The molecule has 29 heavy (non-hydrogen) atoms. The molecule has 0 saturated carbocycles. The molecule has 6 nitrogen and oxygen atoms in total. The largest absolute Gasteiger partial charge is 0.424 e. The summed E-state index contributed by atoms with van der Waals surface area (Å²) in [6.07, 6.45) is 1.77. The average molecular weight is 387 g/mol. The zero-order chi connectivity index (χ0) is 20.0. The van der Waals surface area contributed by atoms with E-state index in [1.165, 1.54) is 6.07 Å². The fourth-order valence-electron chi connectivity index (χ4n) is 3.65. The maximum atomic E-state index is 13.8. The summed E-state index contributed by atoms with van der Waals surface area (Å²) in [6.45, 7) is 4.13. The monoisotopic (exact) mass is 387 g/mol. The first kappa shape index (κ1) is 17.4. The number of fused-ring (bicyclic) bond motifs is 1. The number of nitrogens with zero attached hydrogens (tertiary/aromatic N) is 4. The third-order valence-electron chi connectivity index (χ3n) is 5.02. The SMILES string of the molecule is Cc1nnc(Cn2cnc(-c3ccccc3)c2-c2[nH]c3ccc(F)cc3c2C)o1. The van der Waals surface area contributed by atoms with Crippen LogP contribution < -0.4 is 0 Å². The second kappa shape index (κ2) is 6.70. The van der Waals surface area contributed by atoms with Gasteiger partial charge in [0.05, 0.1) is 23.4 Å². The van der Waals surface area contributed by atoms with E-state index in [1.54, 1.807) is 25.4 Å². The number of hydrogen-bond donors (Lipinski definition) is 1. The van der Waals surface area contributed by atoms with Gasteiger partial charge in [-0.25, -0.2) is 9.37 Å². The summed E-state index contributed by atoms with van der Waals surface area (Å²) in [5.74, 6) is 0.757. The Kier molecular flexibility index (Phi) is 4.01. The van der Waals surface area contributed by atoms with Gasteiger partial charge in [-0.05, 0) is 30.7 Å². The second-order valence-electron chi connectivity index (χ2n) is 6.97. The van der Waals surface area contributed by atoms with Crippen LogP contribution in [0.1, 0.15) is 17.3 Å². The molecule has 0 fully saturated rings. The van der Waals surface area contributed by atoms with Gasteiger partial charge < -0.3 is 14.0 Å². The molecule has 7 heteroatoms. The minimum absolute atomic E-state index is 0.260. The molecular formula is C22H18FN5O. The van der Waals surface area contributed by atoms with Crippen LogP contribution in [0.5, 0.6) is 0 Å². The summed E-state index contributed by atoms with van der Waals surface area (Å²) in [5, 5.41) is 8.87. The van der Waals surface area contributed by atoms with Crippen LogP contribution in [0, 0.1) is 19.7 Å². The fraction of sp³-hybridized carbons (Fsp3) is 0.136. The summed E-state index contributed by atoms with van der Waals surface area (Å²) >= 11 is 0. The van der Waals surface area contributed by atoms with Crippen LogP contribution in [0.25, 0.3) is 33.5 Å². The van der Waals surface area contributed by atoms with E-state index in [0.29, 0.717) is 18.3 Å². The van der Waals surface area contributed by atoms with Crippen molar-refractivity contribution in [3.63, 3.8) is 0 Å². The first-order valence-electron chi connectivity index (χ1n) is 9.28. The Morgan fingerprint density at radius 3 is 2.66 bits per heavy atom. The van der Waals surface area contributed by atoms with Crippen LogP contribution in [0.4, 0.5) is 4.39 Å². The van der Waals surface area contributed by atoms with Crippen molar-refractivity contribution in [1.82, 2.24) is 24.7 Å². The number of H-pyrrole nitrogens is 1. The summed E-state index contributed by atoms with van der Waals surface area (Å²) in [4.78, 5) is 8.11. The predicted molar refractivity (Wildman–Crippen MR) is 108 cm³/mol. The average Bonchev–Trinajstić information content (AvgIpc) is 3.41. The maximum Gasteiger partial charge on any atom is 0.236 e. The standard InChI is InChI=1S/C22H18FN5O/c1-13-17-10-16(23)8-9-18(17)25-20(13)22-21(15-6-4-3-5-7-15)24-12-28(22)11-19-27-26-14(2)29-19/h3-10,12,25H,11H2,1-2H3. The summed E-state index contributed by atoms with van der Waals surface area (Å²) in [6, 6.07) is 14.7. The third-order valence-corrected chi connectivity index (χ3v) is 5.02. The molecular weight excluding hydrogens is 369 g/mol.